The summed E-state index contributed by atoms with van der Waals surface area (Å²) < 4.78 is 5.95. The van der Waals surface area contributed by atoms with Crippen molar-refractivity contribution >= 4 is 21.7 Å². The topological polar surface area (TPSA) is 26.3 Å². The minimum Gasteiger partial charge on any atom is -0.497 e. The van der Waals surface area contributed by atoms with Gasteiger partial charge in [0.15, 0.2) is 5.78 Å². The predicted molar refractivity (Wildman–Crippen MR) is 70.6 cm³/mol. The van der Waals surface area contributed by atoms with Gasteiger partial charge in [-0.15, -0.1) is 0 Å². The van der Waals surface area contributed by atoms with Crippen LogP contribution in [0.4, 0.5) is 0 Å². The molecule has 0 unspecified atom stereocenters. The van der Waals surface area contributed by atoms with E-state index in [4.69, 9.17) is 4.74 Å². The minimum atomic E-state index is 0.00829. The van der Waals surface area contributed by atoms with Crippen molar-refractivity contribution < 1.29 is 9.53 Å². The predicted octanol–water partition coefficient (Wildman–Crippen LogP) is 3.69. The Kier molecular flexibility index (Phi) is 3.59. The Morgan fingerprint density at radius 1 is 1.06 bits per heavy atom. The zero-order chi connectivity index (χ0) is 12.3. The molecular weight excluding hydrogens is 280 g/mol. The first-order valence-corrected chi connectivity index (χ1v) is 5.94. The molecule has 86 valence electrons. The molecule has 0 saturated heterocycles. The molecule has 0 bridgehead atoms. The van der Waals surface area contributed by atoms with Crippen molar-refractivity contribution in [3.05, 3.63) is 64.1 Å². The first-order valence-electron chi connectivity index (χ1n) is 5.15. The average molecular weight is 291 g/mol. The zero-order valence-electron chi connectivity index (χ0n) is 9.31. The summed E-state index contributed by atoms with van der Waals surface area (Å²) in [5.74, 6) is 0.754. The molecule has 0 aliphatic heterocycles. The Labute approximate surface area is 108 Å². The van der Waals surface area contributed by atoms with Crippen LogP contribution in [-0.4, -0.2) is 12.9 Å². The second-order valence-corrected chi connectivity index (χ2v) is 4.48. The number of hydrogen-bond acceptors (Lipinski definition) is 2. The molecule has 2 rings (SSSR count). The lowest BCUT2D eigenvalue weighted by Gasteiger charge is -2.03. The molecule has 0 aliphatic rings. The highest BCUT2D eigenvalue weighted by atomic mass is 79.9. The van der Waals surface area contributed by atoms with Crippen LogP contribution in [0.3, 0.4) is 0 Å². The van der Waals surface area contributed by atoms with Crippen molar-refractivity contribution in [1.29, 1.82) is 0 Å². The summed E-state index contributed by atoms with van der Waals surface area (Å²) in [4.78, 5) is 12.1. The van der Waals surface area contributed by atoms with Crippen molar-refractivity contribution in [3.63, 3.8) is 0 Å². The summed E-state index contributed by atoms with van der Waals surface area (Å²) in [5, 5.41) is 0. The molecule has 0 saturated carbocycles. The third-order valence-corrected chi connectivity index (χ3v) is 2.93. The van der Waals surface area contributed by atoms with Gasteiger partial charge in [0, 0.05) is 15.6 Å². The van der Waals surface area contributed by atoms with Gasteiger partial charge in [-0.2, -0.15) is 0 Å². The molecule has 0 heterocycles. The van der Waals surface area contributed by atoms with E-state index < -0.39 is 0 Å². The normalized spacial score (nSPS) is 10.0. The van der Waals surface area contributed by atoms with Gasteiger partial charge in [0.1, 0.15) is 5.75 Å². The minimum absolute atomic E-state index is 0.00829. The fraction of sp³-hybridized carbons (Fsp3) is 0.0714. The highest BCUT2D eigenvalue weighted by Crippen LogP contribution is 2.17. The lowest BCUT2D eigenvalue weighted by atomic mass is 10.0. The monoisotopic (exact) mass is 290 g/mol. The molecule has 0 spiro atoms. The molecule has 0 radical (unpaired) electrons. The average Bonchev–Trinajstić information content (AvgIpc) is 2.38. The van der Waals surface area contributed by atoms with Crippen LogP contribution in [0.15, 0.2) is 53.0 Å². The third-order valence-electron chi connectivity index (χ3n) is 2.44. The van der Waals surface area contributed by atoms with Gasteiger partial charge in [-0.25, -0.2) is 0 Å². The lowest BCUT2D eigenvalue weighted by Crippen LogP contribution is -2.00. The maximum atomic E-state index is 12.1. The van der Waals surface area contributed by atoms with E-state index in [1.54, 1.807) is 37.4 Å². The zero-order valence-corrected chi connectivity index (χ0v) is 10.9. The van der Waals surface area contributed by atoms with Crippen LogP contribution < -0.4 is 4.74 Å². The molecule has 2 aromatic rings. The van der Waals surface area contributed by atoms with Crippen LogP contribution >= 0.6 is 15.9 Å². The second-order valence-electron chi connectivity index (χ2n) is 3.57. The van der Waals surface area contributed by atoms with E-state index in [0.717, 1.165) is 10.2 Å². The quantitative estimate of drug-likeness (QED) is 0.806. The highest BCUT2D eigenvalue weighted by molar-refractivity contribution is 9.10. The number of hydrogen-bond donors (Lipinski definition) is 0. The first-order chi connectivity index (χ1) is 8.20. The molecule has 0 aromatic heterocycles. The van der Waals surface area contributed by atoms with E-state index in [-0.39, 0.29) is 5.78 Å². The Hall–Kier alpha value is -1.61. The van der Waals surface area contributed by atoms with Gasteiger partial charge in [0.2, 0.25) is 0 Å². The Balaban J connectivity index is 2.30. The van der Waals surface area contributed by atoms with Gasteiger partial charge < -0.3 is 4.74 Å². The molecule has 2 nitrogen and oxygen atoms in total. The van der Waals surface area contributed by atoms with Crippen molar-refractivity contribution in [2.45, 2.75) is 0 Å². The molecule has 17 heavy (non-hydrogen) atoms. The fourth-order valence-electron chi connectivity index (χ4n) is 1.54. The van der Waals surface area contributed by atoms with Crippen molar-refractivity contribution in [3.8, 4) is 5.75 Å². The van der Waals surface area contributed by atoms with Crippen molar-refractivity contribution in [1.82, 2.24) is 0 Å². The van der Waals surface area contributed by atoms with Crippen LogP contribution in [0.5, 0.6) is 5.75 Å². The van der Waals surface area contributed by atoms with Crippen molar-refractivity contribution in [2.24, 2.45) is 0 Å². The Morgan fingerprint density at radius 2 is 1.76 bits per heavy atom. The van der Waals surface area contributed by atoms with E-state index in [9.17, 15) is 4.79 Å². The maximum absolute atomic E-state index is 12.1. The van der Waals surface area contributed by atoms with Crippen LogP contribution in [-0.2, 0) is 0 Å². The third kappa shape index (κ3) is 2.74. The van der Waals surface area contributed by atoms with Crippen LogP contribution in [0.25, 0.3) is 0 Å². The maximum Gasteiger partial charge on any atom is 0.193 e. The molecule has 0 N–H and O–H groups in total. The summed E-state index contributed by atoms with van der Waals surface area (Å²) in [6.07, 6.45) is 0. The highest BCUT2D eigenvalue weighted by Gasteiger charge is 2.08. The molecule has 0 atom stereocenters. The summed E-state index contributed by atoms with van der Waals surface area (Å²) in [6.45, 7) is 0. The van der Waals surface area contributed by atoms with E-state index in [2.05, 4.69) is 15.9 Å². The van der Waals surface area contributed by atoms with Gasteiger partial charge >= 0.3 is 0 Å². The largest absolute Gasteiger partial charge is 0.497 e. The summed E-state index contributed by atoms with van der Waals surface area (Å²) >= 11 is 3.35. The lowest BCUT2D eigenvalue weighted by molar-refractivity contribution is 0.103. The van der Waals surface area contributed by atoms with Crippen molar-refractivity contribution in [2.75, 3.05) is 7.11 Å². The van der Waals surface area contributed by atoms with Gasteiger partial charge in [-0.1, -0.05) is 28.1 Å². The Bertz CT molecular complexity index is 532. The van der Waals surface area contributed by atoms with Gasteiger partial charge in [0.25, 0.3) is 0 Å². The standard InChI is InChI=1S/C14H11BrO2/c1-17-13-7-5-10(6-8-13)14(16)11-3-2-4-12(15)9-11/h2-9H,1H3. The van der Waals surface area contributed by atoms with E-state index in [1.165, 1.54) is 0 Å². The summed E-state index contributed by atoms with van der Waals surface area (Å²) in [7, 11) is 1.60. The molecule has 0 amide bonds. The summed E-state index contributed by atoms with van der Waals surface area (Å²) in [6, 6.07) is 14.5. The smallest absolute Gasteiger partial charge is 0.193 e. The Morgan fingerprint density at radius 3 is 2.35 bits per heavy atom. The van der Waals surface area contributed by atoms with Gasteiger partial charge in [-0.05, 0) is 36.4 Å². The fourth-order valence-corrected chi connectivity index (χ4v) is 1.94. The molecule has 0 aliphatic carbocycles. The van der Waals surface area contributed by atoms with Crippen LogP contribution in [0.1, 0.15) is 15.9 Å². The van der Waals surface area contributed by atoms with Crippen LogP contribution in [0, 0.1) is 0 Å². The first kappa shape index (κ1) is 11.9. The summed E-state index contributed by atoms with van der Waals surface area (Å²) in [5.41, 5.74) is 1.33. The molecule has 3 heteroatoms. The number of ether oxygens (including phenoxy) is 1. The van der Waals surface area contributed by atoms with Gasteiger partial charge in [-0.3, -0.25) is 4.79 Å². The molecule has 0 fully saturated rings. The number of carbonyl (C=O) groups is 1. The number of halogens is 1. The molecular formula is C14H11BrO2. The van der Waals surface area contributed by atoms with E-state index in [0.29, 0.717) is 11.1 Å². The number of rotatable bonds is 3. The number of benzene rings is 2. The number of carbonyl (C=O) groups excluding carboxylic acids is 1. The number of ketones is 1. The van der Waals surface area contributed by atoms with Gasteiger partial charge in [0.05, 0.1) is 7.11 Å². The molecule has 2 aromatic carbocycles. The second kappa shape index (κ2) is 5.15. The SMILES string of the molecule is COc1ccc(C(=O)c2cccc(Br)c2)cc1. The van der Waals surface area contributed by atoms with Crippen LogP contribution in [0.2, 0.25) is 0 Å². The van der Waals surface area contributed by atoms with E-state index in [1.807, 2.05) is 18.2 Å². The number of methoxy groups -OCH3 is 1. The van der Waals surface area contributed by atoms with E-state index >= 15 is 0 Å².